The number of halogens is 1. The Morgan fingerprint density at radius 2 is 1.88 bits per heavy atom. The van der Waals surface area contributed by atoms with Crippen LogP contribution in [0, 0.1) is 5.82 Å². The van der Waals surface area contributed by atoms with Crippen LogP contribution in [0.1, 0.15) is 13.3 Å². The van der Waals surface area contributed by atoms with E-state index in [0.717, 1.165) is 0 Å². The molecule has 2 aromatic rings. The lowest BCUT2D eigenvalue weighted by Gasteiger charge is -2.18. The van der Waals surface area contributed by atoms with Crippen LogP contribution in [0.3, 0.4) is 0 Å². The third-order valence-corrected chi connectivity index (χ3v) is 3.44. The van der Waals surface area contributed by atoms with Crippen LogP contribution >= 0.6 is 0 Å². The maximum atomic E-state index is 13.7. The molecule has 1 N–H and O–H groups in total. The fourth-order valence-corrected chi connectivity index (χ4v) is 2.13. The van der Waals surface area contributed by atoms with Gasteiger partial charge in [0.15, 0.2) is 17.7 Å². The monoisotopic (exact) mass is 333 g/mol. The number of benzene rings is 2. The van der Waals surface area contributed by atoms with E-state index >= 15 is 0 Å². The van der Waals surface area contributed by atoms with Gasteiger partial charge < -0.3 is 19.5 Å². The van der Waals surface area contributed by atoms with Gasteiger partial charge in [-0.2, -0.15) is 0 Å². The molecule has 0 heterocycles. The van der Waals surface area contributed by atoms with E-state index in [-0.39, 0.29) is 11.7 Å². The molecule has 1 atom stereocenters. The van der Waals surface area contributed by atoms with E-state index in [0.29, 0.717) is 23.6 Å². The molecular weight excluding hydrogens is 313 g/mol. The van der Waals surface area contributed by atoms with Crippen molar-refractivity contribution in [2.24, 2.45) is 0 Å². The molecule has 5 nitrogen and oxygen atoms in total. The highest BCUT2D eigenvalue weighted by Crippen LogP contribution is 2.29. The Morgan fingerprint density at radius 3 is 2.50 bits per heavy atom. The van der Waals surface area contributed by atoms with Gasteiger partial charge in [-0.3, -0.25) is 4.79 Å². The molecule has 6 heteroatoms. The summed E-state index contributed by atoms with van der Waals surface area (Å²) in [5.41, 5.74) is 0.485. The lowest BCUT2D eigenvalue weighted by Crippen LogP contribution is -2.32. The number of hydrogen-bond donors (Lipinski definition) is 1. The minimum atomic E-state index is -0.825. The summed E-state index contributed by atoms with van der Waals surface area (Å²) in [7, 11) is 3.04. The highest BCUT2D eigenvalue weighted by molar-refractivity contribution is 5.95. The van der Waals surface area contributed by atoms with Gasteiger partial charge in [-0.05, 0) is 30.7 Å². The first-order valence-electron chi connectivity index (χ1n) is 7.53. The van der Waals surface area contributed by atoms with Crippen LogP contribution in [-0.4, -0.2) is 26.2 Å². The van der Waals surface area contributed by atoms with Crippen LogP contribution in [0.15, 0.2) is 42.5 Å². The molecule has 0 fully saturated rings. The smallest absolute Gasteiger partial charge is 0.265 e. The summed E-state index contributed by atoms with van der Waals surface area (Å²) in [6.45, 7) is 1.79. The third kappa shape index (κ3) is 4.16. The van der Waals surface area contributed by atoms with E-state index in [1.165, 1.54) is 19.2 Å². The summed E-state index contributed by atoms with van der Waals surface area (Å²) in [4.78, 5) is 12.4. The highest BCUT2D eigenvalue weighted by Gasteiger charge is 2.21. The average Bonchev–Trinajstić information content (AvgIpc) is 2.61. The van der Waals surface area contributed by atoms with Crippen molar-refractivity contribution < 1.29 is 23.4 Å². The van der Waals surface area contributed by atoms with Gasteiger partial charge in [0.05, 0.1) is 19.9 Å². The van der Waals surface area contributed by atoms with Crippen molar-refractivity contribution in [1.82, 2.24) is 0 Å². The molecule has 0 saturated carbocycles. The highest BCUT2D eigenvalue weighted by atomic mass is 19.1. The number of para-hydroxylation sites is 1. The zero-order valence-electron chi connectivity index (χ0n) is 13.8. The van der Waals surface area contributed by atoms with Crippen molar-refractivity contribution in [3.8, 4) is 17.2 Å². The molecule has 0 bridgehead atoms. The second-order valence-corrected chi connectivity index (χ2v) is 5.00. The minimum Gasteiger partial charge on any atom is -0.497 e. The molecule has 2 rings (SSSR count). The van der Waals surface area contributed by atoms with Gasteiger partial charge in [-0.1, -0.05) is 19.1 Å². The van der Waals surface area contributed by atoms with Crippen LogP contribution in [0.4, 0.5) is 10.1 Å². The number of ether oxygens (including phenoxy) is 3. The molecule has 2 aromatic carbocycles. The Kier molecular flexibility index (Phi) is 6.01. The third-order valence-electron chi connectivity index (χ3n) is 3.44. The SMILES string of the molecule is CC[C@@H](Oc1ccccc1F)C(=O)Nc1ccc(OC)cc1OC. The molecule has 0 aromatic heterocycles. The zero-order valence-corrected chi connectivity index (χ0v) is 13.8. The standard InChI is InChI=1S/C18H20FNO4/c1-4-15(24-16-8-6-5-7-13(16)19)18(21)20-14-10-9-12(22-2)11-17(14)23-3/h5-11,15H,4H2,1-3H3,(H,20,21)/t15-/m1/s1. The van der Waals surface area contributed by atoms with E-state index < -0.39 is 11.9 Å². The van der Waals surface area contributed by atoms with Crippen LogP contribution in [0.5, 0.6) is 17.2 Å². The van der Waals surface area contributed by atoms with Gasteiger partial charge in [0, 0.05) is 6.07 Å². The fourth-order valence-electron chi connectivity index (χ4n) is 2.13. The number of rotatable bonds is 7. The molecule has 0 aliphatic carbocycles. The Morgan fingerprint density at radius 1 is 1.12 bits per heavy atom. The van der Waals surface area contributed by atoms with Gasteiger partial charge in [-0.15, -0.1) is 0 Å². The number of carbonyl (C=O) groups excluding carboxylic acids is 1. The maximum Gasteiger partial charge on any atom is 0.265 e. The van der Waals surface area contributed by atoms with Crippen LogP contribution < -0.4 is 19.5 Å². The van der Waals surface area contributed by atoms with E-state index in [4.69, 9.17) is 14.2 Å². The zero-order chi connectivity index (χ0) is 17.5. The van der Waals surface area contributed by atoms with Gasteiger partial charge in [-0.25, -0.2) is 4.39 Å². The number of amides is 1. The quantitative estimate of drug-likeness (QED) is 0.840. The van der Waals surface area contributed by atoms with Gasteiger partial charge in [0.2, 0.25) is 0 Å². The van der Waals surface area contributed by atoms with Crippen molar-refractivity contribution in [2.45, 2.75) is 19.4 Å². The van der Waals surface area contributed by atoms with E-state index in [9.17, 15) is 9.18 Å². The van der Waals surface area contributed by atoms with Crippen molar-refractivity contribution in [2.75, 3.05) is 19.5 Å². The second-order valence-electron chi connectivity index (χ2n) is 5.00. The summed E-state index contributed by atoms with van der Waals surface area (Å²) >= 11 is 0. The Hall–Kier alpha value is -2.76. The van der Waals surface area contributed by atoms with Crippen LogP contribution in [0.2, 0.25) is 0 Å². The first-order valence-corrected chi connectivity index (χ1v) is 7.53. The van der Waals surface area contributed by atoms with Crippen molar-refractivity contribution in [3.05, 3.63) is 48.3 Å². The molecule has 0 spiro atoms. The predicted molar refractivity (Wildman–Crippen MR) is 89.3 cm³/mol. The van der Waals surface area contributed by atoms with Gasteiger partial charge >= 0.3 is 0 Å². The molecule has 0 radical (unpaired) electrons. The predicted octanol–water partition coefficient (Wildman–Crippen LogP) is 3.64. The van der Waals surface area contributed by atoms with E-state index in [2.05, 4.69) is 5.32 Å². The van der Waals surface area contributed by atoms with Crippen molar-refractivity contribution in [1.29, 1.82) is 0 Å². The first-order chi connectivity index (χ1) is 11.6. The largest absolute Gasteiger partial charge is 0.497 e. The normalized spacial score (nSPS) is 11.5. The molecule has 24 heavy (non-hydrogen) atoms. The van der Waals surface area contributed by atoms with Crippen molar-refractivity contribution in [3.63, 3.8) is 0 Å². The minimum absolute atomic E-state index is 0.0428. The van der Waals surface area contributed by atoms with Crippen LogP contribution in [-0.2, 0) is 4.79 Å². The first kappa shape index (κ1) is 17.6. The number of nitrogens with one attached hydrogen (secondary N) is 1. The topological polar surface area (TPSA) is 56.8 Å². The van der Waals surface area contributed by atoms with E-state index in [1.807, 2.05) is 0 Å². The van der Waals surface area contributed by atoms with Crippen molar-refractivity contribution >= 4 is 11.6 Å². The molecule has 0 unspecified atom stereocenters. The van der Waals surface area contributed by atoms with E-state index in [1.54, 1.807) is 44.4 Å². The number of carbonyl (C=O) groups is 1. The number of methoxy groups -OCH3 is 2. The lowest BCUT2D eigenvalue weighted by molar-refractivity contribution is -0.122. The summed E-state index contributed by atoms with van der Waals surface area (Å²) < 4.78 is 29.5. The molecule has 0 aliphatic rings. The van der Waals surface area contributed by atoms with Gasteiger partial charge in [0.25, 0.3) is 5.91 Å². The maximum absolute atomic E-state index is 13.7. The molecular formula is C18H20FNO4. The van der Waals surface area contributed by atoms with Crippen LogP contribution in [0.25, 0.3) is 0 Å². The summed E-state index contributed by atoms with van der Waals surface area (Å²) in [5, 5.41) is 2.74. The summed E-state index contributed by atoms with van der Waals surface area (Å²) in [5.74, 6) is 0.221. The lowest BCUT2D eigenvalue weighted by atomic mass is 10.2. The molecule has 128 valence electrons. The Balaban J connectivity index is 2.13. The Labute approximate surface area is 140 Å². The summed E-state index contributed by atoms with van der Waals surface area (Å²) in [6, 6.07) is 11.0. The fraction of sp³-hybridized carbons (Fsp3) is 0.278. The Bertz CT molecular complexity index is 705. The molecule has 0 saturated heterocycles. The average molecular weight is 333 g/mol. The second kappa shape index (κ2) is 8.19. The van der Waals surface area contributed by atoms with Gasteiger partial charge in [0.1, 0.15) is 11.5 Å². The molecule has 1 amide bonds. The molecule has 0 aliphatic heterocycles. The summed E-state index contributed by atoms with van der Waals surface area (Å²) in [6.07, 6.45) is -0.438. The number of anilines is 1. The number of hydrogen-bond acceptors (Lipinski definition) is 4.